The number of carbonyl (C=O) groups excluding carboxylic acids is 4. The number of rotatable bonds is 9. The van der Waals surface area contributed by atoms with Crippen LogP contribution in [-0.4, -0.2) is 61.7 Å². The van der Waals surface area contributed by atoms with E-state index in [-0.39, 0.29) is 35.7 Å². The van der Waals surface area contributed by atoms with Crippen LogP contribution in [0.1, 0.15) is 38.3 Å². The number of carboxylic acid groups (broad SMARTS) is 1. The number of fused-ring (bicyclic) bond motifs is 1. The fourth-order valence-corrected chi connectivity index (χ4v) is 6.44. The summed E-state index contributed by atoms with van der Waals surface area (Å²) in [6.07, 6.45) is 16.7. The molecular weight excluding hydrogens is 586 g/mol. The zero-order valence-electron chi connectivity index (χ0n) is 22.5. The van der Waals surface area contributed by atoms with Gasteiger partial charge >= 0.3 is 23.0 Å². The molecule has 5 rings (SSSR count). The predicted octanol–water partition coefficient (Wildman–Crippen LogP) is 2.25. The molecule has 4 aliphatic rings. The first kappa shape index (κ1) is 33.1. The van der Waals surface area contributed by atoms with E-state index < -0.39 is 51.9 Å². The molecule has 4 atom stereocenters. The van der Waals surface area contributed by atoms with E-state index in [1.165, 1.54) is 16.7 Å². The molecule has 3 amide bonds. The van der Waals surface area contributed by atoms with E-state index >= 15 is 0 Å². The summed E-state index contributed by atoms with van der Waals surface area (Å²) in [6.45, 7) is 3.51. The average Bonchev–Trinajstić information content (AvgIpc) is 3.71. The van der Waals surface area contributed by atoms with Gasteiger partial charge in [0.2, 0.25) is 17.7 Å². The van der Waals surface area contributed by atoms with Crippen LogP contribution in [0.2, 0.25) is 0 Å². The van der Waals surface area contributed by atoms with Crippen molar-refractivity contribution in [3.63, 3.8) is 0 Å². The Labute approximate surface area is 256 Å². The summed E-state index contributed by atoms with van der Waals surface area (Å²) < 4.78 is -0.715. The number of β-lactam (4-membered cyclic amide) rings is 1. The van der Waals surface area contributed by atoms with E-state index in [1.807, 2.05) is 32.1 Å². The molecule has 2 saturated carbocycles. The maximum absolute atomic E-state index is 13.2. The molecule has 0 spiro atoms. The Bertz CT molecular complexity index is 1100. The van der Waals surface area contributed by atoms with Crippen LogP contribution in [0.3, 0.4) is 0 Å². The summed E-state index contributed by atoms with van der Waals surface area (Å²) in [5, 5.41) is 14.5. The van der Waals surface area contributed by atoms with Gasteiger partial charge in [0.25, 0.3) is 0 Å². The Morgan fingerprint density at radius 3 is 2.10 bits per heavy atom. The van der Waals surface area contributed by atoms with Crippen molar-refractivity contribution in [3.05, 3.63) is 99.6 Å². The molecule has 214 valence electrons. The molecule has 2 heterocycles. The summed E-state index contributed by atoms with van der Waals surface area (Å²) in [6, 6.07) is 5.64. The van der Waals surface area contributed by atoms with Crippen molar-refractivity contribution in [1.82, 2.24) is 15.5 Å². The summed E-state index contributed by atoms with van der Waals surface area (Å²) in [5.41, 5.74) is 0.521. The van der Waals surface area contributed by atoms with Gasteiger partial charge in [0.05, 0.1) is 0 Å². The van der Waals surface area contributed by atoms with Crippen molar-refractivity contribution >= 4 is 41.2 Å². The third kappa shape index (κ3) is 7.93. The normalized spacial score (nSPS) is 25.1. The van der Waals surface area contributed by atoms with Gasteiger partial charge in [-0.15, -0.1) is 11.8 Å². The molecule has 10 radical (unpaired) electrons. The first-order chi connectivity index (χ1) is 19.1. The van der Waals surface area contributed by atoms with Crippen molar-refractivity contribution in [1.29, 1.82) is 0 Å². The molecule has 2 saturated heterocycles. The first-order valence-corrected chi connectivity index (χ1v) is 13.8. The van der Waals surface area contributed by atoms with Gasteiger partial charge < -0.3 is 20.6 Å². The van der Waals surface area contributed by atoms with Crippen LogP contribution in [0.15, 0.2) is 30.3 Å². The second-order valence-corrected chi connectivity index (χ2v) is 11.8. The van der Waals surface area contributed by atoms with Gasteiger partial charge in [0, 0.05) is 23.5 Å². The Morgan fingerprint density at radius 2 is 1.54 bits per heavy atom. The molecule has 0 aromatic heterocycles. The number of hydrogen-bond donors (Lipinski definition) is 3. The number of thioether (sulfide) groups is 1. The Balaban J connectivity index is 0.000000696. The number of amides is 3. The Hall–Kier alpha value is -2.36. The number of aliphatic carboxylic acids is 1. The molecule has 3 N–H and O–H groups in total. The Morgan fingerprint density at radius 1 is 0.951 bits per heavy atom. The van der Waals surface area contributed by atoms with E-state index in [9.17, 15) is 29.1 Å². The number of hydrogen-bond acceptors (Lipinski definition) is 6. The van der Waals surface area contributed by atoms with Crippen molar-refractivity contribution < 1.29 is 46.1 Å². The van der Waals surface area contributed by atoms with Crippen LogP contribution in [0.5, 0.6) is 0 Å². The van der Waals surface area contributed by atoms with E-state index in [1.54, 1.807) is 69.9 Å². The van der Waals surface area contributed by atoms with Gasteiger partial charge in [0.1, 0.15) is 29.3 Å². The van der Waals surface area contributed by atoms with Crippen molar-refractivity contribution in [3.8, 4) is 0 Å². The van der Waals surface area contributed by atoms with Crippen LogP contribution >= 0.6 is 11.8 Å². The summed E-state index contributed by atoms with van der Waals surface area (Å²) in [4.78, 5) is 63.9. The average molecular weight is 618 g/mol. The molecule has 0 unspecified atom stereocenters. The van der Waals surface area contributed by atoms with Gasteiger partial charge in [-0.05, 0) is 77.2 Å². The molecule has 11 heteroatoms. The quantitative estimate of drug-likeness (QED) is 0.286. The molecule has 1 aromatic rings. The Kier molecular flexibility index (Phi) is 11.9. The summed E-state index contributed by atoms with van der Waals surface area (Å²) >= 11 is 1.32. The molecule has 2 aliphatic carbocycles. The van der Waals surface area contributed by atoms with Crippen LogP contribution in [0.4, 0.5) is 0 Å². The zero-order chi connectivity index (χ0) is 28.9. The van der Waals surface area contributed by atoms with E-state index in [2.05, 4.69) is 10.6 Å². The number of nitrogens with zero attached hydrogens (tertiary/aromatic N) is 1. The van der Waals surface area contributed by atoms with Crippen LogP contribution < -0.4 is 10.6 Å². The van der Waals surface area contributed by atoms with Crippen LogP contribution in [0, 0.1) is 63.7 Å². The molecule has 9 nitrogen and oxygen atoms in total. The van der Waals surface area contributed by atoms with Gasteiger partial charge in [0.15, 0.2) is 0 Å². The molecule has 0 bridgehead atoms. The van der Waals surface area contributed by atoms with Crippen molar-refractivity contribution in [2.24, 2.45) is 0 Å². The maximum atomic E-state index is 13.2. The SMILES string of the molecule is CC1(C)S[C@@H]2[C@H](NC(=O)[C@H](NC(=O)CCC(=O)[C]3[CH][CH][CH][CH]3)c3ccccc3)C(=O)N2[C@H]1C(=O)O.[CH]1[CH][CH][CH][CH]1.[Fe+2]. The summed E-state index contributed by atoms with van der Waals surface area (Å²) in [5.74, 6) is -2.25. The van der Waals surface area contributed by atoms with Gasteiger partial charge in [-0.25, -0.2) is 4.79 Å². The number of carbonyl (C=O) groups is 5. The first-order valence-electron chi connectivity index (χ1n) is 12.9. The minimum atomic E-state index is -1.09. The van der Waals surface area contributed by atoms with Gasteiger partial charge in [-0.2, -0.15) is 0 Å². The van der Waals surface area contributed by atoms with E-state index in [0.29, 0.717) is 11.5 Å². The number of Topliss-reactive ketones (excluding diaryl/α,β-unsaturated/α-hetero) is 1. The zero-order valence-corrected chi connectivity index (χ0v) is 24.4. The van der Waals surface area contributed by atoms with Gasteiger partial charge in [-0.1, -0.05) is 30.3 Å². The molecular formula is C30H31FeN3O6S+2. The predicted molar refractivity (Wildman–Crippen MR) is 149 cm³/mol. The molecule has 4 fully saturated rings. The minimum Gasteiger partial charge on any atom is -0.480 e. The standard InChI is InChI=1S/C25H26N3O6S.C5H5.Fe/c1-25(2)20(24(33)34)28-22(32)19(23(28)35-25)27-21(31)18(15-10-4-3-5-11-15)26-17(30)13-12-16(29)14-8-6-7-9-14;1-2-4-5-3-1;/h3-11,18-20,23H,12-13H2,1-2H3,(H,26,30)(H,27,31)(H,33,34);1-5H;/q;;+2/t18-,19-,20+,23-;;/m1../s1. The number of benzene rings is 1. The number of ketones is 1. The fourth-order valence-electron chi connectivity index (χ4n) is 4.81. The number of carboxylic acids is 1. The summed E-state index contributed by atoms with van der Waals surface area (Å²) in [7, 11) is 0. The second kappa shape index (κ2) is 14.7. The third-order valence-corrected chi connectivity index (χ3v) is 8.36. The second-order valence-electron chi connectivity index (χ2n) is 10.1. The molecule has 2 aliphatic heterocycles. The monoisotopic (exact) mass is 617 g/mol. The van der Waals surface area contributed by atoms with E-state index in [4.69, 9.17) is 0 Å². The molecule has 41 heavy (non-hydrogen) atoms. The number of nitrogens with one attached hydrogen (secondary N) is 2. The third-order valence-electron chi connectivity index (χ3n) is 6.79. The fraction of sp³-hybridized carbons (Fsp3) is 0.300. The van der Waals surface area contributed by atoms with Crippen LogP contribution in [-0.2, 0) is 41.0 Å². The minimum absolute atomic E-state index is 0. The largest absolute Gasteiger partial charge is 2.00 e. The van der Waals surface area contributed by atoms with Crippen LogP contribution in [0.25, 0.3) is 0 Å². The van der Waals surface area contributed by atoms with E-state index in [0.717, 1.165) is 0 Å². The topological polar surface area (TPSA) is 133 Å². The smallest absolute Gasteiger partial charge is 0.480 e. The molecule has 1 aromatic carbocycles. The van der Waals surface area contributed by atoms with Crippen molar-refractivity contribution in [2.75, 3.05) is 0 Å². The maximum Gasteiger partial charge on any atom is 2.00 e. The van der Waals surface area contributed by atoms with Crippen molar-refractivity contribution in [2.45, 2.75) is 54.9 Å². The van der Waals surface area contributed by atoms with Gasteiger partial charge in [-0.3, -0.25) is 19.2 Å².